The fourth-order valence-corrected chi connectivity index (χ4v) is 8.23. The largest absolute Gasteiger partial charge is 0.481 e. The van der Waals surface area contributed by atoms with Gasteiger partial charge >= 0.3 is 16.6 Å². The standard InChI is InChI=1S/C41H39N3O13S3.O3S/c1-44(22-4-7-39(45)46)41(47)32-6-3-2-5-31(32)40-33-17-12-28(42-20-18-26-8-13-29(14-9-26)58(48,49)50)23-36(33)57-37-25-35(38(24-34(37)40)60(54,55)56)43-21-19-27-10-15-30(16-11-27)59(51,52)53;1-4(2)3/h2-3,5-6,8-17,23-25,42H,4,7,18-22H2,1H3,(H,45,46)(H,48,49,50)(H,51,52,53)(H,54,55,56);. The molecule has 4 aromatic carbocycles. The number of nitrogens with one attached hydrogen (secondary N) is 1. The van der Waals surface area contributed by atoms with Crippen LogP contribution in [-0.2, 0) is 58.6 Å². The van der Waals surface area contributed by atoms with Crippen LogP contribution in [0.15, 0.2) is 127 Å². The highest BCUT2D eigenvalue weighted by molar-refractivity contribution is 7.86. The fourth-order valence-electron chi connectivity index (χ4n) is 6.61. The summed E-state index contributed by atoms with van der Waals surface area (Å²) in [5.74, 6) is -1.28. The highest BCUT2D eigenvalue weighted by Crippen LogP contribution is 2.42. The van der Waals surface area contributed by atoms with E-state index in [2.05, 4.69) is 10.3 Å². The molecule has 5 N–H and O–H groups in total. The molecule has 0 fully saturated rings. The first-order valence-electron chi connectivity index (χ1n) is 18.8. The zero-order valence-corrected chi connectivity index (χ0v) is 36.7. The molecule has 0 atom stereocenters. The van der Waals surface area contributed by atoms with Crippen LogP contribution in [0.4, 0.5) is 5.69 Å². The molecule has 1 aliphatic heterocycles. The Morgan fingerprint density at radius 2 is 1.31 bits per heavy atom. The van der Waals surface area contributed by atoms with E-state index in [9.17, 15) is 48.5 Å². The highest BCUT2D eigenvalue weighted by Gasteiger charge is 2.26. The van der Waals surface area contributed by atoms with Crippen LogP contribution >= 0.6 is 0 Å². The number of benzene rings is 5. The zero-order valence-electron chi connectivity index (χ0n) is 33.5. The molecule has 0 radical (unpaired) electrons. The number of carboxylic acid groups (broad SMARTS) is 1. The average molecular weight is 958 g/mol. The van der Waals surface area contributed by atoms with E-state index in [0.717, 1.165) is 5.56 Å². The summed E-state index contributed by atoms with van der Waals surface area (Å²) in [4.78, 5) is 29.9. The summed E-state index contributed by atoms with van der Waals surface area (Å²) in [6.07, 6.45) is 0.774. The van der Waals surface area contributed by atoms with Crippen molar-refractivity contribution in [2.45, 2.75) is 40.4 Å². The molecule has 0 spiro atoms. The third kappa shape index (κ3) is 12.9. The van der Waals surface area contributed by atoms with Gasteiger partial charge in [0.25, 0.3) is 36.3 Å². The molecule has 64 heavy (non-hydrogen) atoms. The molecule has 1 aliphatic carbocycles. The van der Waals surface area contributed by atoms with Gasteiger partial charge in [0, 0.05) is 73.0 Å². The summed E-state index contributed by atoms with van der Waals surface area (Å²) in [6, 6.07) is 25.6. The van der Waals surface area contributed by atoms with E-state index in [-0.39, 0.29) is 64.4 Å². The maximum absolute atomic E-state index is 13.9. The first-order valence-corrected chi connectivity index (χ1v) is 24.1. The van der Waals surface area contributed by atoms with E-state index in [1.54, 1.807) is 61.6 Å². The van der Waals surface area contributed by atoms with Crippen molar-refractivity contribution in [1.29, 1.82) is 0 Å². The number of carbonyl (C=O) groups excluding carboxylic acids is 1. The first-order chi connectivity index (χ1) is 30.0. The minimum absolute atomic E-state index is 0.00214. The monoisotopic (exact) mass is 957 g/mol. The van der Waals surface area contributed by atoms with E-state index in [1.165, 1.54) is 53.4 Å². The topological polar surface area (TPSA) is 309 Å². The Bertz CT molecular complexity index is 3210. The number of nitrogens with zero attached hydrogens (tertiary/aromatic N) is 2. The van der Waals surface area contributed by atoms with E-state index >= 15 is 0 Å². The van der Waals surface area contributed by atoms with Gasteiger partial charge in [-0.2, -0.15) is 25.3 Å². The smallest absolute Gasteiger partial charge is 0.425 e. The van der Waals surface area contributed by atoms with Gasteiger partial charge < -0.3 is 19.7 Å². The molecule has 23 heteroatoms. The summed E-state index contributed by atoms with van der Waals surface area (Å²) < 4.78 is 132. The fraction of sp³-hybridized carbons (Fsp3) is 0.195. The number of fused-ring (bicyclic) bond motifs is 2. The Hall–Kier alpha value is -6.34. The van der Waals surface area contributed by atoms with E-state index in [0.29, 0.717) is 46.3 Å². The molecule has 0 unspecified atom stereocenters. The van der Waals surface area contributed by atoms with Gasteiger partial charge in [-0.05, 0) is 84.5 Å². The SMILES string of the molecule is CN(CCCC(=O)O)C(=O)c1ccccc1-c1c2cc(S(=O)(=O)O)c(=NCCc3ccc(S(=O)(=O)O)cc3)cc-2oc2cc(NCCc3ccc(S(=O)(=O)O)cc3)ccc12.O=S(=O)=O. The van der Waals surface area contributed by atoms with Crippen LogP contribution in [0, 0.1) is 0 Å². The van der Waals surface area contributed by atoms with Crippen molar-refractivity contribution in [3.63, 3.8) is 0 Å². The Balaban J connectivity index is 0.00000185. The van der Waals surface area contributed by atoms with Gasteiger partial charge in [0.2, 0.25) is 0 Å². The second-order valence-corrected chi connectivity index (χ2v) is 18.6. The van der Waals surface area contributed by atoms with Crippen molar-refractivity contribution in [1.82, 2.24) is 4.90 Å². The lowest BCUT2D eigenvalue weighted by molar-refractivity contribution is -0.137. The van der Waals surface area contributed by atoms with Crippen LogP contribution in [0.1, 0.15) is 34.3 Å². The van der Waals surface area contributed by atoms with Gasteiger partial charge in [0.15, 0.2) is 0 Å². The molecule has 0 aromatic heterocycles. The Labute approximate surface area is 368 Å². The van der Waals surface area contributed by atoms with Gasteiger partial charge in [-0.15, -0.1) is 12.6 Å². The maximum Gasteiger partial charge on any atom is 0.425 e. The summed E-state index contributed by atoms with van der Waals surface area (Å²) in [5.41, 5.74) is 3.61. The predicted molar refractivity (Wildman–Crippen MR) is 230 cm³/mol. The van der Waals surface area contributed by atoms with Crippen molar-refractivity contribution in [3.05, 3.63) is 125 Å². The Morgan fingerprint density at radius 1 is 0.734 bits per heavy atom. The minimum Gasteiger partial charge on any atom is -0.481 e. The number of hydrogen-bond donors (Lipinski definition) is 5. The second-order valence-electron chi connectivity index (χ2n) is 14.0. The third-order valence-electron chi connectivity index (χ3n) is 9.60. The van der Waals surface area contributed by atoms with Crippen molar-refractivity contribution >= 4 is 69.5 Å². The molecule has 0 bridgehead atoms. The molecule has 0 saturated heterocycles. The number of rotatable bonds is 16. The summed E-state index contributed by atoms with van der Waals surface area (Å²) >= 11 is 0. The quantitative estimate of drug-likeness (QED) is 0.0650. The average Bonchev–Trinajstić information content (AvgIpc) is 3.21. The molecule has 1 amide bonds. The number of anilines is 1. The number of carboxylic acids is 1. The lowest BCUT2D eigenvalue weighted by Gasteiger charge is -2.22. The maximum atomic E-state index is 13.9. The number of aliphatic carboxylic acids is 1. The second kappa shape index (κ2) is 20.4. The van der Waals surface area contributed by atoms with Crippen LogP contribution in [0.5, 0.6) is 0 Å². The van der Waals surface area contributed by atoms with E-state index in [1.807, 2.05) is 0 Å². The third-order valence-corrected chi connectivity index (χ3v) is 12.2. The molecular formula is C41H39N3O16S4. The minimum atomic E-state index is -4.91. The molecule has 0 saturated carbocycles. The number of carbonyl (C=O) groups is 2. The van der Waals surface area contributed by atoms with Crippen LogP contribution in [0.3, 0.4) is 0 Å². The van der Waals surface area contributed by atoms with Crippen LogP contribution in [-0.4, -0.2) is 100 Å². The van der Waals surface area contributed by atoms with E-state index < -0.39 is 57.7 Å². The summed E-state index contributed by atoms with van der Waals surface area (Å²) in [5, 5.41) is 12.8. The zero-order chi connectivity index (χ0) is 47.0. The molecule has 2 aliphatic rings. The van der Waals surface area contributed by atoms with Crippen LogP contribution in [0.2, 0.25) is 0 Å². The van der Waals surface area contributed by atoms with Crippen molar-refractivity contribution in [3.8, 4) is 22.5 Å². The molecular weight excluding hydrogens is 919 g/mol. The van der Waals surface area contributed by atoms with Crippen molar-refractivity contribution in [2.75, 3.05) is 32.0 Å². The van der Waals surface area contributed by atoms with Gasteiger partial charge in [-0.25, -0.2) is 0 Å². The highest BCUT2D eigenvalue weighted by atomic mass is 32.2. The molecule has 1 heterocycles. The number of hydrogen-bond acceptors (Lipinski definition) is 14. The van der Waals surface area contributed by atoms with Gasteiger partial charge in [0.1, 0.15) is 16.2 Å². The molecule has 6 rings (SSSR count). The molecule has 19 nitrogen and oxygen atoms in total. The lowest BCUT2D eigenvalue weighted by Crippen LogP contribution is -2.28. The lowest BCUT2D eigenvalue weighted by atomic mass is 9.90. The first kappa shape index (κ1) is 48.7. The van der Waals surface area contributed by atoms with Crippen LogP contribution < -0.4 is 10.7 Å². The summed E-state index contributed by atoms with van der Waals surface area (Å²) in [7, 11) is -15.2. The van der Waals surface area contributed by atoms with Gasteiger partial charge in [-0.1, -0.05) is 42.5 Å². The molecule has 338 valence electrons. The molecule has 4 aromatic rings. The Kier molecular flexibility index (Phi) is 15.6. The van der Waals surface area contributed by atoms with Gasteiger partial charge in [0.05, 0.1) is 15.1 Å². The number of amides is 1. The van der Waals surface area contributed by atoms with Crippen molar-refractivity contribution in [2.24, 2.45) is 4.99 Å². The van der Waals surface area contributed by atoms with E-state index in [4.69, 9.17) is 22.2 Å². The van der Waals surface area contributed by atoms with Gasteiger partial charge in [-0.3, -0.25) is 28.2 Å². The Morgan fingerprint density at radius 3 is 1.88 bits per heavy atom. The van der Waals surface area contributed by atoms with Crippen molar-refractivity contribution < 1.29 is 70.7 Å². The summed E-state index contributed by atoms with van der Waals surface area (Å²) in [6.45, 7) is 0.549. The predicted octanol–water partition coefficient (Wildman–Crippen LogP) is 4.68. The normalized spacial score (nSPS) is 12.1. The van der Waals surface area contributed by atoms with Crippen LogP contribution in [0.25, 0.3) is 33.4 Å².